The molecule has 1 saturated heterocycles. The molecule has 0 aliphatic carbocycles. The predicted molar refractivity (Wildman–Crippen MR) is 97.8 cm³/mol. The van der Waals surface area contributed by atoms with E-state index in [9.17, 15) is 4.79 Å². The van der Waals surface area contributed by atoms with Crippen LogP contribution < -0.4 is 14.2 Å². The van der Waals surface area contributed by atoms with Crippen molar-refractivity contribution in [1.82, 2.24) is 4.90 Å². The van der Waals surface area contributed by atoms with Crippen LogP contribution in [0.3, 0.4) is 0 Å². The molecule has 0 saturated carbocycles. The number of likely N-dealkylation sites (tertiary alicyclic amines) is 1. The van der Waals surface area contributed by atoms with E-state index in [2.05, 4.69) is 6.07 Å². The Hall–Kier alpha value is -3.20. The highest BCUT2D eigenvalue weighted by atomic mass is 16.6. The van der Waals surface area contributed by atoms with Gasteiger partial charge >= 0.3 is 0 Å². The number of carbonyl (C=O) groups excluding carboxylic acids is 1. The molecule has 1 amide bonds. The number of benzene rings is 2. The molecule has 2 aromatic carbocycles. The zero-order valence-electron chi connectivity index (χ0n) is 14.9. The molecule has 0 radical (unpaired) electrons. The largest absolute Gasteiger partial charge is 0.486 e. The number of fused-ring (bicyclic) bond motifs is 1. The summed E-state index contributed by atoms with van der Waals surface area (Å²) in [5.41, 5.74) is 1.62. The monoisotopic (exact) mass is 364 g/mol. The second-order valence-corrected chi connectivity index (χ2v) is 6.57. The lowest BCUT2D eigenvalue weighted by Crippen LogP contribution is -2.34. The summed E-state index contributed by atoms with van der Waals surface area (Å²) in [6, 6.07) is 14.7. The molecule has 6 nitrogen and oxygen atoms in total. The molecule has 1 fully saturated rings. The van der Waals surface area contributed by atoms with Gasteiger partial charge in [-0.1, -0.05) is 6.07 Å². The Bertz CT molecular complexity index is 873. The van der Waals surface area contributed by atoms with Crippen molar-refractivity contribution >= 4 is 5.91 Å². The maximum Gasteiger partial charge on any atom is 0.261 e. The molecular weight excluding hydrogens is 344 g/mol. The molecule has 4 rings (SSSR count). The van der Waals surface area contributed by atoms with Crippen molar-refractivity contribution in [2.24, 2.45) is 0 Å². The van der Waals surface area contributed by atoms with E-state index in [1.165, 1.54) is 0 Å². The summed E-state index contributed by atoms with van der Waals surface area (Å²) in [5.74, 6) is 2.03. The molecular formula is C21H20N2O4. The van der Waals surface area contributed by atoms with Crippen molar-refractivity contribution in [1.29, 1.82) is 5.26 Å². The molecule has 2 aliphatic heterocycles. The van der Waals surface area contributed by atoms with E-state index >= 15 is 0 Å². The minimum absolute atomic E-state index is 0.0209. The summed E-state index contributed by atoms with van der Waals surface area (Å²) < 4.78 is 16.9. The van der Waals surface area contributed by atoms with Gasteiger partial charge in [0.2, 0.25) is 0 Å². The molecule has 0 spiro atoms. The molecule has 2 aromatic rings. The van der Waals surface area contributed by atoms with E-state index in [1.54, 1.807) is 24.3 Å². The summed E-state index contributed by atoms with van der Waals surface area (Å²) in [5, 5.41) is 8.83. The molecule has 2 heterocycles. The van der Waals surface area contributed by atoms with Crippen molar-refractivity contribution in [2.75, 3.05) is 26.4 Å². The summed E-state index contributed by atoms with van der Waals surface area (Å²) in [6.45, 7) is 1.80. The van der Waals surface area contributed by atoms with E-state index < -0.39 is 0 Å². The second kappa shape index (κ2) is 7.58. The standard InChI is InChI=1S/C21H20N2O4/c22-13-15-3-6-17(7-4-15)27-14-21(24)23-9-1-2-18(23)16-5-8-19-20(12-16)26-11-10-25-19/h3-8,12,18H,1-2,9-11,14H2/t18-/m0/s1. The van der Waals surface area contributed by atoms with Crippen molar-refractivity contribution < 1.29 is 19.0 Å². The molecule has 0 unspecified atom stereocenters. The summed E-state index contributed by atoms with van der Waals surface area (Å²) in [6.07, 6.45) is 1.88. The van der Waals surface area contributed by atoms with E-state index in [-0.39, 0.29) is 18.6 Å². The Morgan fingerprint density at radius 2 is 1.93 bits per heavy atom. The lowest BCUT2D eigenvalue weighted by atomic mass is 10.0. The number of hydrogen-bond donors (Lipinski definition) is 0. The zero-order valence-corrected chi connectivity index (χ0v) is 14.9. The van der Waals surface area contributed by atoms with Crippen molar-refractivity contribution in [3.63, 3.8) is 0 Å². The van der Waals surface area contributed by atoms with Crippen LogP contribution >= 0.6 is 0 Å². The van der Waals surface area contributed by atoms with Crippen LogP contribution in [0.2, 0.25) is 0 Å². The van der Waals surface area contributed by atoms with Crippen LogP contribution in [0.5, 0.6) is 17.2 Å². The lowest BCUT2D eigenvalue weighted by Gasteiger charge is -2.26. The van der Waals surface area contributed by atoms with Gasteiger partial charge in [-0.05, 0) is 54.8 Å². The Kier molecular flexibility index (Phi) is 4.84. The number of amides is 1. The Morgan fingerprint density at radius 1 is 1.15 bits per heavy atom. The molecule has 0 N–H and O–H groups in total. The highest BCUT2D eigenvalue weighted by Crippen LogP contribution is 2.38. The van der Waals surface area contributed by atoms with Gasteiger partial charge in [-0.25, -0.2) is 0 Å². The predicted octanol–water partition coefficient (Wildman–Crippen LogP) is 3.07. The van der Waals surface area contributed by atoms with Gasteiger partial charge in [-0.3, -0.25) is 4.79 Å². The van der Waals surface area contributed by atoms with E-state index in [0.29, 0.717) is 31.1 Å². The Balaban J connectivity index is 1.43. The maximum atomic E-state index is 12.7. The van der Waals surface area contributed by atoms with Gasteiger partial charge in [-0.2, -0.15) is 5.26 Å². The first-order chi connectivity index (χ1) is 13.2. The number of hydrogen-bond acceptors (Lipinski definition) is 5. The summed E-state index contributed by atoms with van der Waals surface area (Å²) >= 11 is 0. The first-order valence-electron chi connectivity index (χ1n) is 9.06. The van der Waals surface area contributed by atoms with Gasteiger partial charge in [0.15, 0.2) is 18.1 Å². The van der Waals surface area contributed by atoms with E-state index in [4.69, 9.17) is 19.5 Å². The first-order valence-corrected chi connectivity index (χ1v) is 9.06. The van der Waals surface area contributed by atoms with Crippen LogP contribution in [-0.4, -0.2) is 37.2 Å². The SMILES string of the molecule is N#Cc1ccc(OCC(=O)N2CCC[C@H]2c2ccc3c(c2)OCCO3)cc1. The third-order valence-corrected chi connectivity index (χ3v) is 4.87. The summed E-state index contributed by atoms with van der Waals surface area (Å²) in [4.78, 5) is 14.6. The Morgan fingerprint density at radius 3 is 2.70 bits per heavy atom. The number of nitrogens with zero attached hydrogens (tertiary/aromatic N) is 2. The fourth-order valence-electron chi connectivity index (χ4n) is 3.53. The molecule has 27 heavy (non-hydrogen) atoms. The van der Waals surface area contributed by atoms with Crippen LogP contribution in [0, 0.1) is 11.3 Å². The van der Waals surface area contributed by atoms with Crippen LogP contribution in [0.4, 0.5) is 0 Å². The highest BCUT2D eigenvalue weighted by Gasteiger charge is 2.31. The van der Waals surface area contributed by atoms with Crippen LogP contribution in [-0.2, 0) is 4.79 Å². The number of carbonyl (C=O) groups is 1. The van der Waals surface area contributed by atoms with Crippen LogP contribution in [0.1, 0.15) is 30.0 Å². The van der Waals surface area contributed by atoms with Gasteiger partial charge in [0.25, 0.3) is 5.91 Å². The lowest BCUT2D eigenvalue weighted by molar-refractivity contribution is -0.134. The number of ether oxygens (including phenoxy) is 3. The molecule has 1 atom stereocenters. The third kappa shape index (κ3) is 3.68. The van der Waals surface area contributed by atoms with E-state index in [0.717, 1.165) is 29.9 Å². The smallest absolute Gasteiger partial charge is 0.261 e. The van der Waals surface area contributed by atoms with Gasteiger partial charge in [0.1, 0.15) is 19.0 Å². The molecule has 138 valence electrons. The second-order valence-electron chi connectivity index (χ2n) is 6.57. The van der Waals surface area contributed by atoms with Crippen LogP contribution in [0.15, 0.2) is 42.5 Å². The number of nitriles is 1. The molecule has 0 bridgehead atoms. The molecule has 2 aliphatic rings. The topological polar surface area (TPSA) is 71.8 Å². The van der Waals surface area contributed by atoms with Gasteiger partial charge in [0, 0.05) is 6.54 Å². The molecule has 6 heteroatoms. The van der Waals surface area contributed by atoms with Crippen LogP contribution in [0.25, 0.3) is 0 Å². The first kappa shape index (κ1) is 17.2. The van der Waals surface area contributed by atoms with Crippen molar-refractivity contribution in [2.45, 2.75) is 18.9 Å². The average molecular weight is 364 g/mol. The fraction of sp³-hybridized carbons (Fsp3) is 0.333. The van der Waals surface area contributed by atoms with Crippen molar-refractivity contribution in [3.05, 3.63) is 53.6 Å². The normalized spacial score (nSPS) is 18.0. The van der Waals surface area contributed by atoms with Gasteiger partial charge in [-0.15, -0.1) is 0 Å². The van der Waals surface area contributed by atoms with Crippen molar-refractivity contribution in [3.8, 4) is 23.3 Å². The van der Waals surface area contributed by atoms with E-state index in [1.807, 2.05) is 23.1 Å². The number of rotatable bonds is 4. The minimum atomic E-state index is -0.0447. The minimum Gasteiger partial charge on any atom is -0.486 e. The molecule has 0 aromatic heterocycles. The zero-order chi connectivity index (χ0) is 18.6. The Labute approximate surface area is 157 Å². The van der Waals surface area contributed by atoms with Gasteiger partial charge in [0.05, 0.1) is 17.7 Å². The maximum absolute atomic E-state index is 12.7. The third-order valence-electron chi connectivity index (χ3n) is 4.87. The highest BCUT2D eigenvalue weighted by molar-refractivity contribution is 5.78. The summed E-state index contributed by atoms with van der Waals surface area (Å²) in [7, 11) is 0. The van der Waals surface area contributed by atoms with Gasteiger partial charge < -0.3 is 19.1 Å². The quantitative estimate of drug-likeness (QED) is 0.834. The average Bonchev–Trinajstić information content (AvgIpc) is 3.22. The fourth-order valence-corrected chi connectivity index (χ4v) is 3.53.